The Hall–Kier alpha value is -2.86. The van der Waals surface area contributed by atoms with Gasteiger partial charge < -0.3 is 20.3 Å². The Bertz CT molecular complexity index is 806. The Labute approximate surface area is 153 Å². The number of fused-ring (bicyclic) bond motifs is 1. The molecule has 6 nitrogen and oxygen atoms in total. The number of rotatable bonds is 5. The number of aryl methyl sites for hydroxylation is 1. The van der Waals surface area contributed by atoms with Crippen LogP contribution in [0.3, 0.4) is 0 Å². The molecule has 0 radical (unpaired) electrons. The summed E-state index contributed by atoms with van der Waals surface area (Å²) >= 11 is 0. The number of anilines is 2. The highest BCUT2D eigenvalue weighted by molar-refractivity contribution is 5.94. The van der Waals surface area contributed by atoms with Gasteiger partial charge in [-0.2, -0.15) is 0 Å². The third kappa shape index (κ3) is 4.03. The van der Waals surface area contributed by atoms with Gasteiger partial charge in [0.05, 0.1) is 6.04 Å². The molecule has 0 fully saturated rings. The van der Waals surface area contributed by atoms with E-state index in [9.17, 15) is 9.59 Å². The molecule has 0 spiro atoms. The van der Waals surface area contributed by atoms with Crippen molar-refractivity contribution in [3.8, 4) is 0 Å². The molecule has 3 rings (SSSR count). The highest BCUT2D eigenvalue weighted by Crippen LogP contribution is 2.35. The molecule has 136 valence electrons. The maximum Gasteiger partial charge on any atom is 0.322 e. The van der Waals surface area contributed by atoms with E-state index in [0.717, 1.165) is 12.8 Å². The van der Waals surface area contributed by atoms with Crippen LogP contribution in [-0.2, 0) is 16.0 Å². The second-order valence-corrected chi connectivity index (χ2v) is 6.36. The molecule has 0 saturated carbocycles. The van der Waals surface area contributed by atoms with Crippen molar-refractivity contribution < 1.29 is 14.3 Å². The lowest BCUT2D eigenvalue weighted by Gasteiger charge is -2.25. The number of ether oxygens (including phenoxy) is 1. The van der Waals surface area contributed by atoms with E-state index in [1.54, 1.807) is 29.2 Å². The van der Waals surface area contributed by atoms with E-state index >= 15 is 0 Å². The molecule has 2 N–H and O–H groups in total. The average molecular weight is 353 g/mol. The summed E-state index contributed by atoms with van der Waals surface area (Å²) in [6, 6.07) is 15.2. The van der Waals surface area contributed by atoms with Crippen LogP contribution in [0, 0.1) is 0 Å². The summed E-state index contributed by atoms with van der Waals surface area (Å²) in [7, 11) is 3.28. The van der Waals surface area contributed by atoms with Crippen molar-refractivity contribution in [2.24, 2.45) is 0 Å². The molecule has 2 aromatic rings. The highest BCUT2D eigenvalue weighted by Gasteiger charge is 2.28. The summed E-state index contributed by atoms with van der Waals surface area (Å²) in [5.41, 5.74) is 3.76. The van der Waals surface area contributed by atoms with Gasteiger partial charge in [-0.1, -0.05) is 30.3 Å². The first-order chi connectivity index (χ1) is 12.6. The van der Waals surface area contributed by atoms with Crippen molar-refractivity contribution in [2.45, 2.75) is 18.9 Å². The first-order valence-electron chi connectivity index (χ1n) is 8.59. The topological polar surface area (TPSA) is 70.7 Å². The van der Waals surface area contributed by atoms with Gasteiger partial charge in [-0.25, -0.2) is 4.79 Å². The summed E-state index contributed by atoms with van der Waals surface area (Å²) in [5, 5.41) is 5.62. The molecule has 1 aliphatic carbocycles. The predicted octanol–water partition coefficient (Wildman–Crippen LogP) is 3.42. The SMILES string of the molecule is COCC(=O)Nc1cccc(NC(=O)N(C)[C@@H]2CCc3ccccc32)c1. The number of hydrogen-bond donors (Lipinski definition) is 2. The van der Waals surface area contributed by atoms with E-state index in [4.69, 9.17) is 4.74 Å². The van der Waals surface area contributed by atoms with Crippen molar-refractivity contribution >= 4 is 23.3 Å². The van der Waals surface area contributed by atoms with Crippen molar-refractivity contribution in [1.82, 2.24) is 4.90 Å². The maximum absolute atomic E-state index is 12.7. The predicted molar refractivity (Wildman–Crippen MR) is 101 cm³/mol. The van der Waals surface area contributed by atoms with Crippen LogP contribution in [0.1, 0.15) is 23.6 Å². The van der Waals surface area contributed by atoms with Gasteiger partial charge in [0.1, 0.15) is 6.61 Å². The molecule has 0 saturated heterocycles. The Morgan fingerprint density at radius 2 is 1.85 bits per heavy atom. The van der Waals surface area contributed by atoms with Crippen LogP contribution in [0.2, 0.25) is 0 Å². The third-order valence-electron chi connectivity index (χ3n) is 4.56. The molecule has 1 aliphatic rings. The molecule has 2 aromatic carbocycles. The molecule has 1 atom stereocenters. The number of nitrogens with zero attached hydrogens (tertiary/aromatic N) is 1. The molecule has 3 amide bonds. The second kappa shape index (κ2) is 8.01. The van der Waals surface area contributed by atoms with Crippen molar-refractivity contribution in [1.29, 1.82) is 0 Å². The molecule has 26 heavy (non-hydrogen) atoms. The molecule has 0 heterocycles. The largest absolute Gasteiger partial charge is 0.375 e. The normalized spacial score (nSPS) is 15.2. The van der Waals surface area contributed by atoms with Crippen LogP contribution in [0.4, 0.5) is 16.2 Å². The van der Waals surface area contributed by atoms with E-state index in [-0.39, 0.29) is 24.6 Å². The van der Waals surface area contributed by atoms with Crippen LogP contribution in [0.25, 0.3) is 0 Å². The molecule has 6 heteroatoms. The standard InChI is InChI=1S/C20H23N3O3/c1-23(18-11-10-14-6-3-4-9-17(14)18)20(25)22-16-8-5-7-15(12-16)21-19(24)13-26-2/h3-9,12,18H,10-11,13H2,1-2H3,(H,21,24)(H,22,25)/t18-/m1/s1. The quantitative estimate of drug-likeness (QED) is 0.865. The first kappa shape index (κ1) is 17.9. The summed E-state index contributed by atoms with van der Waals surface area (Å²) in [6.07, 6.45) is 1.91. The molecule has 0 aromatic heterocycles. The van der Waals surface area contributed by atoms with Gasteiger partial charge in [0.25, 0.3) is 0 Å². The van der Waals surface area contributed by atoms with E-state index in [2.05, 4.69) is 22.8 Å². The van der Waals surface area contributed by atoms with Crippen LogP contribution in [0.5, 0.6) is 0 Å². The number of carbonyl (C=O) groups is 2. The van der Waals surface area contributed by atoms with Gasteiger partial charge >= 0.3 is 6.03 Å². The Balaban J connectivity index is 1.66. The smallest absolute Gasteiger partial charge is 0.322 e. The van der Waals surface area contributed by atoms with Gasteiger partial charge in [-0.15, -0.1) is 0 Å². The minimum Gasteiger partial charge on any atom is -0.375 e. The molecule has 0 aliphatic heterocycles. The Kier molecular flexibility index (Phi) is 5.53. The maximum atomic E-state index is 12.7. The van der Waals surface area contributed by atoms with Crippen molar-refractivity contribution in [3.63, 3.8) is 0 Å². The zero-order chi connectivity index (χ0) is 18.5. The number of hydrogen-bond acceptors (Lipinski definition) is 3. The van der Waals surface area contributed by atoms with Gasteiger partial charge in [0, 0.05) is 25.5 Å². The van der Waals surface area contributed by atoms with Crippen molar-refractivity contribution in [2.75, 3.05) is 31.4 Å². The number of urea groups is 1. The van der Waals surface area contributed by atoms with Gasteiger partial charge in [-0.3, -0.25) is 4.79 Å². The van der Waals surface area contributed by atoms with E-state index in [1.807, 2.05) is 19.2 Å². The lowest BCUT2D eigenvalue weighted by atomic mass is 10.1. The molecule has 0 bridgehead atoms. The summed E-state index contributed by atoms with van der Waals surface area (Å²) in [6.45, 7) is -0.0135. The number of nitrogens with one attached hydrogen (secondary N) is 2. The van der Waals surface area contributed by atoms with Crippen molar-refractivity contribution in [3.05, 3.63) is 59.7 Å². The molecular weight excluding hydrogens is 330 g/mol. The van der Waals surface area contributed by atoms with Crippen LogP contribution in [-0.4, -0.2) is 37.6 Å². The monoisotopic (exact) mass is 353 g/mol. The molecular formula is C20H23N3O3. The van der Waals surface area contributed by atoms with Crippen LogP contribution >= 0.6 is 0 Å². The number of methoxy groups -OCH3 is 1. The molecule has 0 unspecified atom stereocenters. The average Bonchev–Trinajstić information content (AvgIpc) is 3.05. The third-order valence-corrected chi connectivity index (χ3v) is 4.56. The number of carbonyl (C=O) groups excluding carboxylic acids is 2. The number of amides is 3. The lowest BCUT2D eigenvalue weighted by Crippen LogP contribution is -2.34. The second-order valence-electron chi connectivity index (χ2n) is 6.36. The fourth-order valence-electron chi connectivity index (χ4n) is 3.29. The fourth-order valence-corrected chi connectivity index (χ4v) is 3.29. The summed E-state index contributed by atoms with van der Waals surface area (Å²) in [5.74, 6) is -0.240. The summed E-state index contributed by atoms with van der Waals surface area (Å²) in [4.78, 5) is 26.0. The van der Waals surface area contributed by atoms with Gasteiger partial charge in [-0.05, 0) is 42.2 Å². The Morgan fingerprint density at radius 3 is 2.62 bits per heavy atom. The fraction of sp³-hybridized carbons (Fsp3) is 0.300. The van der Waals surface area contributed by atoms with E-state index in [1.165, 1.54) is 18.2 Å². The zero-order valence-corrected chi connectivity index (χ0v) is 15.0. The lowest BCUT2D eigenvalue weighted by molar-refractivity contribution is -0.119. The Morgan fingerprint density at radius 1 is 1.12 bits per heavy atom. The van der Waals surface area contributed by atoms with Crippen LogP contribution < -0.4 is 10.6 Å². The van der Waals surface area contributed by atoms with E-state index in [0.29, 0.717) is 11.4 Å². The number of benzene rings is 2. The van der Waals surface area contributed by atoms with Gasteiger partial charge in [0.15, 0.2) is 0 Å². The zero-order valence-electron chi connectivity index (χ0n) is 15.0. The highest BCUT2D eigenvalue weighted by atomic mass is 16.5. The summed E-state index contributed by atoms with van der Waals surface area (Å²) < 4.78 is 4.80. The van der Waals surface area contributed by atoms with Crippen LogP contribution in [0.15, 0.2) is 48.5 Å². The minimum atomic E-state index is -0.240. The first-order valence-corrected chi connectivity index (χ1v) is 8.59. The van der Waals surface area contributed by atoms with Gasteiger partial charge in [0.2, 0.25) is 5.91 Å². The van der Waals surface area contributed by atoms with E-state index < -0.39 is 0 Å². The minimum absolute atomic E-state index is 0.0135.